The van der Waals surface area contributed by atoms with Crippen LogP contribution in [0.3, 0.4) is 0 Å². The smallest absolute Gasteiger partial charge is 0.335 e. The van der Waals surface area contributed by atoms with Crippen molar-refractivity contribution in [2.45, 2.75) is 46.2 Å². The number of anilines is 2. The van der Waals surface area contributed by atoms with Crippen molar-refractivity contribution in [3.05, 3.63) is 23.8 Å². The van der Waals surface area contributed by atoms with E-state index in [0.717, 1.165) is 17.8 Å². The summed E-state index contributed by atoms with van der Waals surface area (Å²) in [6, 6.07) is 5.86. The maximum absolute atomic E-state index is 11.1. The number of hydrogen-bond donors (Lipinski definition) is 3. The van der Waals surface area contributed by atoms with E-state index in [9.17, 15) is 4.79 Å². The molecule has 18 heavy (non-hydrogen) atoms. The van der Waals surface area contributed by atoms with Gasteiger partial charge < -0.3 is 15.7 Å². The highest BCUT2D eigenvalue weighted by Gasteiger charge is 2.09. The summed E-state index contributed by atoms with van der Waals surface area (Å²) in [6.07, 6.45) is 0.990. The first-order valence-corrected chi connectivity index (χ1v) is 6.33. The first-order chi connectivity index (χ1) is 8.42. The van der Waals surface area contributed by atoms with Gasteiger partial charge in [-0.3, -0.25) is 0 Å². The van der Waals surface area contributed by atoms with Crippen LogP contribution in [0.2, 0.25) is 0 Å². The molecule has 0 aliphatic heterocycles. The number of benzene rings is 1. The lowest BCUT2D eigenvalue weighted by Gasteiger charge is -2.16. The summed E-state index contributed by atoms with van der Waals surface area (Å²) in [5.74, 6) is -0.908. The average molecular weight is 250 g/mol. The summed E-state index contributed by atoms with van der Waals surface area (Å²) in [6.45, 7) is 8.21. The fraction of sp³-hybridized carbons (Fsp3) is 0.500. The first-order valence-electron chi connectivity index (χ1n) is 6.33. The quantitative estimate of drug-likeness (QED) is 0.724. The Kier molecular flexibility index (Phi) is 5.01. The second-order valence-corrected chi connectivity index (χ2v) is 4.86. The summed E-state index contributed by atoms with van der Waals surface area (Å²) < 4.78 is 0. The molecular formula is C14H22N2O2. The van der Waals surface area contributed by atoms with E-state index in [1.54, 1.807) is 12.1 Å². The third-order valence-electron chi connectivity index (χ3n) is 2.66. The molecule has 0 heterocycles. The molecule has 1 rings (SSSR count). The second kappa shape index (κ2) is 6.28. The zero-order chi connectivity index (χ0) is 13.7. The Hall–Kier alpha value is -1.71. The maximum atomic E-state index is 11.1. The van der Waals surface area contributed by atoms with Crippen molar-refractivity contribution in [2.75, 3.05) is 10.6 Å². The van der Waals surface area contributed by atoms with Crippen molar-refractivity contribution in [3.63, 3.8) is 0 Å². The van der Waals surface area contributed by atoms with Crippen LogP contribution in [0.15, 0.2) is 18.2 Å². The minimum absolute atomic E-state index is 0.269. The lowest BCUT2D eigenvalue weighted by atomic mass is 10.1. The Morgan fingerprint density at radius 1 is 1.17 bits per heavy atom. The van der Waals surface area contributed by atoms with Gasteiger partial charge in [-0.05, 0) is 45.4 Å². The normalized spacial score (nSPS) is 12.3. The van der Waals surface area contributed by atoms with Gasteiger partial charge in [0.1, 0.15) is 0 Å². The SMILES string of the molecule is CC[C@H](C)Nc1cc(NC(C)C)cc(C(=O)O)c1. The van der Waals surface area contributed by atoms with Crippen LogP contribution in [0.5, 0.6) is 0 Å². The lowest BCUT2D eigenvalue weighted by Crippen LogP contribution is -2.15. The molecule has 1 aromatic rings. The summed E-state index contributed by atoms with van der Waals surface area (Å²) in [7, 11) is 0. The summed E-state index contributed by atoms with van der Waals surface area (Å²) in [5.41, 5.74) is 1.97. The molecule has 0 radical (unpaired) electrons. The molecule has 4 nitrogen and oxygen atoms in total. The Bertz CT molecular complexity index is 416. The minimum atomic E-state index is -0.908. The highest BCUT2D eigenvalue weighted by atomic mass is 16.4. The molecule has 0 fully saturated rings. The van der Waals surface area contributed by atoms with Gasteiger partial charge in [0.2, 0.25) is 0 Å². The van der Waals surface area contributed by atoms with Gasteiger partial charge in [-0.2, -0.15) is 0 Å². The molecule has 0 aromatic heterocycles. The van der Waals surface area contributed by atoms with Crippen molar-refractivity contribution < 1.29 is 9.90 Å². The fourth-order valence-corrected chi connectivity index (χ4v) is 1.64. The summed E-state index contributed by atoms with van der Waals surface area (Å²) in [5, 5.41) is 15.6. The van der Waals surface area contributed by atoms with E-state index in [1.165, 1.54) is 0 Å². The van der Waals surface area contributed by atoms with Crippen molar-refractivity contribution in [1.29, 1.82) is 0 Å². The summed E-state index contributed by atoms with van der Waals surface area (Å²) >= 11 is 0. The van der Waals surface area contributed by atoms with E-state index < -0.39 is 5.97 Å². The molecular weight excluding hydrogens is 228 g/mol. The third-order valence-corrected chi connectivity index (χ3v) is 2.66. The Morgan fingerprint density at radius 3 is 2.17 bits per heavy atom. The summed E-state index contributed by atoms with van der Waals surface area (Å²) in [4.78, 5) is 11.1. The van der Waals surface area contributed by atoms with Crippen molar-refractivity contribution in [1.82, 2.24) is 0 Å². The van der Waals surface area contributed by atoms with Gasteiger partial charge in [0.15, 0.2) is 0 Å². The van der Waals surface area contributed by atoms with Crippen LogP contribution in [-0.4, -0.2) is 23.2 Å². The van der Waals surface area contributed by atoms with E-state index >= 15 is 0 Å². The minimum Gasteiger partial charge on any atom is -0.478 e. The topological polar surface area (TPSA) is 61.4 Å². The predicted octanol–water partition coefficient (Wildman–Crippen LogP) is 3.42. The van der Waals surface area contributed by atoms with Gasteiger partial charge in [-0.25, -0.2) is 4.79 Å². The van der Waals surface area contributed by atoms with Crippen LogP contribution in [0, 0.1) is 0 Å². The number of nitrogens with one attached hydrogen (secondary N) is 2. The molecule has 0 unspecified atom stereocenters. The van der Waals surface area contributed by atoms with Gasteiger partial charge >= 0.3 is 5.97 Å². The molecule has 4 heteroatoms. The monoisotopic (exact) mass is 250 g/mol. The Labute approximate surface area is 108 Å². The van der Waals surface area contributed by atoms with Crippen LogP contribution in [-0.2, 0) is 0 Å². The van der Waals surface area contributed by atoms with Gasteiger partial charge in [0, 0.05) is 23.5 Å². The number of hydrogen-bond acceptors (Lipinski definition) is 3. The average Bonchev–Trinajstić information content (AvgIpc) is 2.27. The van der Waals surface area contributed by atoms with E-state index in [4.69, 9.17) is 5.11 Å². The van der Waals surface area contributed by atoms with Gasteiger partial charge in [0.25, 0.3) is 0 Å². The number of carboxylic acids is 1. The molecule has 0 aliphatic carbocycles. The fourth-order valence-electron chi connectivity index (χ4n) is 1.64. The molecule has 0 amide bonds. The molecule has 3 N–H and O–H groups in total. The van der Waals surface area contributed by atoms with Crippen LogP contribution in [0.4, 0.5) is 11.4 Å². The molecule has 0 saturated heterocycles. The molecule has 0 spiro atoms. The Morgan fingerprint density at radius 2 is 1.72 bits per heavy atom. The molecule has 0 saturated carbocycles. The van der Waals surface area contributed by atoms with Gasteiger partial charge in [-0.15, -0.1) is 0 Å². The standard InChI is InChI=1S/C14H22N2O2/c1-5-10(4)16-13-7-11(14(17)18)6-12(8-13)15-9(2)3/h6-10,15-16H,5H2,1-4H3,(H,17,18)/t10-/m0/s1. The highest BCUT2D eigenvalue weighted by molar-refractivity contribution is 5.90. The van der Waals surface area contributed by atoms with E-state index in [1.807, 2.05) is 19.9 Å². The van der Waals surface area contributed by atoms with E-state index in [2.05, 4.69) is 24.5 Å². The van der Waals surface area contributed by atoms with Crippen LogP contribution in [0.1, 0.15) is 44.5 Å². The largest absolute Gasteiger partial charge is 0.478 e. The lowest BCUT2D eigenvalue weighted by molar-refractivity contribution is 0.0697. The van der Waals surface area contributed by atoms with Crippen molar-refractivity contribution in [2.24, 2.45) is 0 Å². The molecule has 1 aromatic carbocycles. The molecule has 0 bridgehead atoms. The maximum Gasteiger partial charge on any atom is 0.335 e. The highest BCUT2D eigenvalue weighted by Crippen LogP contribution is 2.21. The van der Waals surface area contributed by atoms with E-state index in [0.29, 0.717) is 11.6 Å². The Balaban J connectivity index is 3.01. The zero-order valence-electron chi connectivity index (χ0n) is 11.4. The van der Waals surface area contributed by atoms with Gasteiger partial charge in [0.05, 0.1) is 5.56 Å². The molecule has 1 atom stereocenters. The van der Waals surface area contributed by atoms with Crippen LogP contribution < -0.4 is 10.6 Å². The van der Waals surface area contributed by atoms with Crippen molar-refractivity contribution in [3.8, 4) is 0 Å². The van der Waals surface area contributed by atoms with Crippen LogP contribution in [0.25, 0.3) is 0 Å². The molecule has 0 aliphatic rings. The zero-order valence-corrected chi connectivity index (χ0v) is 11.4. The van der Waals surface area contributed by atoms with Crippen molar-refractivity contribution >= 4 is 17.3 Å². The number of carbonyl (C=O) groups is 1. The molecule has 100 valence electrons. The van der Waals surface area contributed by atoms with Crippen LogP contribution >= 0.6 is 0 Å². The third kappa shape index (κ3) is 4.28. The predicted molar refractivity (Wildman–Crippen MR) is 75.5 cm³/mol. The van der Waals surface area contributed by atoms with Gasteiger partial charge in [-0.1, -0.05) is 6.92 Å². The number of carboxylic acid groups (broad SMARTS) is 1. The second-order valence-electron chi connectivity index (χ2n) is 4.86. The van der Waals surface area contributed by atoms with E-state index in [-0.39, 0.29) is 6.04 Å². The number of aromatic carboxylic acids is 1. The number of rotatable bonds is 6. The first kappa shape index (κ1) is 14.4.